The number of halogens is 1. The quantitative estimate of drug-likeness (QED) is 0.759. The van der Waals surface area contributed by atoms with Crippen molar-refractivity contribution in [1.82, 2.24) is 4.90 Å². The van der Waals surface area contributed by atoms with Gasteiger partial charge in [-0.3, -0.25) is 4.79 Å². The average molecular weight is 304 g/mol. The largest absolute Gasteiger partial charge is 0.349 e. The lowest BCUT2D eigenvalue weighted by atomic mass is 9.91. The molecule has 1 amide bonds. The van der Waals surface area contributed by atoms with Gasteiger partial charge >= 0.3 is 0 Å². The Labute approximate surface area is 115 Å². The highest BCUT2D eigenvalue weighted by Gasteiger charge is 2.14. The lowest BCUT2D eigenvalue weighted by Gasteiger charge is -2.19. The molecule has 1 aliphatic rings. The summed E-state index contributed by atoms with van der Waals surface area (Å²) in [6.07, 6.45) is 10.5. The van der Waals surface area contributed by atoms with Crippen LogP contribution in [0.4, 0.5) is 0 Å². The van der Waals surface area contributed by atoms with Crippen LogP contribution in [0.25, 0.3) is 0 Å². The number of unbranched alkanes of at least 4 members (excludes halogenated alkanes) is 1. The van der Waals surface area contributed by atoms with E-state index in [1.54, 1.807) is 14.1 Å². The van der Waals surface area contributed by atoms with Gasteiger partial charge in [0.25, 0.3) is 0 Å². The molecule has 2 nitrogen and oxygen atoms in total. The second-order valence-corrected chi connectivity index (χ2v) is 5.69. The Kier molecular flexibility index (Phi) is 9.52. The maximum absolute atomic E-state index is 10.1. The van der Waals surface area contributed by atoms with Crippen molar-refractivity contribution in [2.45, 2.75) is 52.4 Å². The van der Waals surface area contributed by atoms with Gasteiger partial charge in [0.1, 0.15) is 0 Å². The molecule has 1 rings (SSSR count). The lowest BCUT2D eigenvalue weighted by Crippen LogP contribution is -2.17. The molecule has 1 atom stereocenters. The minimum Gasteiger partial charge on any atom is -0.349 e. The number of carbonyl (C=O) groups excluding carboxylic acids is 1. The molecule has 0 fully saturated rings. The molecule has 0 aromatic rings. The lowest BCUT2D eigenvalue weighted by molar-refractivity contribution is -0.126. The van der Waals surface area contributed by atoms with E-state index in [2.05, 4.69) is 28.9 Å². The van der Waals surface area contributed by atoms with Crippen LogP contribution in [0.3, 0.4) is 0 Å². The van der Waals surface area contributed by atoms with Gasteiger partial charge in [-0.1, -0.05) is 41.8 Å². The first-order valence-electron chi connectivity index (χ1n) is 6.52. The third-order valence-electron chi connectivity index (χ3n) is 3.02. The molecule has 0 spiro atoms. The Morgan fingerprint density at radius 1 is 1.53 bits per heavy atom. The first-order chi connectivity index (χ1) is 7.99. The van der Waals surface area contributed by atoms with E-state index in [9.17, 15) is 4.79 Å². The molecule has 0 radical (unpaired) electrons. The fourth-order valence-electron chi connectivity index (χ4n) is 1.64. The van der Waals surface area contributed by atoms with Gasteiger partial charge in [0.2, 0.25) is 5.91 Å². The first kappa shape index (κ1) is 16.7. The Hall–Kier alpha value is -0.310. The number of allylic oxidation sites excluding steroid dienone is 2. The zero-order valence-electron chi connectivity index (χ0n) is 11.6. The van der Waals surface area contributed by atoms with E-state index >= 15 is 0 Å². The SMILES string of the molecule is CC(=O)N(C)C.CCCC[C@H]1CCCC=C1Br. The fourth-order valence-corrected chi connectivity index (χ4v) is 2.33. The van der Waals surface area contributed by atoms with Gasteiger partial charge in [-0.2, -0.15) is 0 Å². The normalized spacial score (nSPS) is 18.9. The Morgan fingerprint density at radius 3 is 2.53 bits per heavy atom. The van der Waals surface area contributed by atoms with Gasteiger partial charge in [-0.05, 0) is 36.1 Å². The minimum atomic E-state index is 0.0926. The van der Waals surface area contributed by atoms with E-state index in [1.165, 1.54) is 54.8 Å². The standard InChI is InChI=1S/C10H17Br.C4H9NO/c1-2-3-6-9-7-4-5-8-10(9)11;1-4(6)5(2)3/h8-9H,2-7H2,1H3;1-3H3/t9-;/m0./s1. The number of rotatable bonds is 3. The Morgan fingerprint density at radius 2 is 2.12 bits per heavy atom. The fraction of sp³-hybridized carbons (Fsp3) is 0.786. The molecule has 3 heteroatoms. The second kappa shape index (κ2) is 9.69. The van der Waals surface area contributed by atoms with E-state index in [-0.39, 0.29) is 5.91 Å². The number of carbonyl (C=O) groups is 1. The third-order valence-corrected chi connectivity index (χ3v) is 3.99. The van der Waals surface area contributed by atoms with Crippen molar-refractivity contribution in [3.8, 4) is 0 Å². The maximum Gasteiger partial charge on any atom is 0.218 e. The maximum atomic E-state index is 10.1. The molecule has 0 saturated heterocycles. The summed E-state index contributed by atoms with van der Waals surface area (Å²) in [6, 6.07) is 0. The van der Waals surface area contributed by atoms with Crippen molar-refractivity contribution in [1.29, 1.82) is 0 Å². The van der Waals surface area contributed by atoms with Crippen molar-refractivity contribution in [3.05, 3.63) is 10.6 Å². The van der Waals surface area contributed by atoms with Gasteiger partial charge in [0, 0.05) is 21.0 Å². The van der Waals surface area contributed by atoms with Crippen LogP contribution in [0.5, 0.6) is 0 Å². The summed E-state index contributed by atoms with van der Waals surface area (Å²) < 4.78 is 1.47. The summed E-state index contributed by atoms with van der Waals surface area (Å²) in [7, 11) is 3.45. The topological polar surface area (TPSA) is 20.3 Å². The number of hydrogen-bond acceptors (Lipinski definition) is 1. The molecule has 0 heterocycles. The monoisotopic (exact) mass is 303 g/mol. The van der Waals surface area contributed by atoms with Gasteiger partial charge in [0.15, 0.2) is 0 Å². The highest BCUT2D eigenvalue weighted by atomic mass is 79.9. The molecule has 1 aliphatic carbocycles. The van der Waals surface area contributed by atoms with Gasteiger partial charge in [-0.25, -0.2) is 0 Å². The zero-order valence-corrected chi connectivity index (χ0v) is 13.2. The number of amides is 1. The van der Waals surface area contributed by atoms with Crippen LogP contribution in [0.1, 0.15) is 52.4 Å². The molecule has 100 valence electrons. The Balaban J connectivity index is 0.000000366. The summed E-state index contributed by atoms with van der Waals surface area (Å²) in [5.74, 6) is 0.943. The van der Waals surface area contributed by atoms with Gasteiger partial charge < -0.3 is 4.90 Å². The van der Waals surface area contributed by atoms with Crippen molar-refractivity contribution in [2.75, 3.05) is 14.1 Å². The zero-order chi connectivity index (χ0) is 13.3. The van der Waals surface area contributed by atoms with E-state index < -0.39 is 0 Å². The van der Waals surface area contributed by atoms with Crippen LogP contribution in [-0.4, -0.2) is 24.9 Å². The van der Waals surface area contributed by atoms with Crippen LogP contribution in [0.2, 0.25) is 0 Å². The predicted octanol–water partition coefficient (Wildman–Crippen LogP) is 4.35. The van der Waals surface area contributed by atoms with E-state index in [4.69, 9.17) is 0 Å². The number of nitrogens with zero attached hydrogens (tertiary/aromatic N) is 1. The highest BCUT2D eigenvalue weighted by molar-refractivity contribution is 9.11. The van der Waals surface area contributed by atoms with E-state index in [0.29, 0.717) is 0 Å². The molecule has 0 bridgehead atoms. The summed E-state index contributed by atoms with van der Waals surface area (Å²) >= 11 is 3.65. The molecule has 0 unspecified atom stereocenters. The van der Waals surface area contributed by atoms with Crippen molar-refractivity contribution < 1.29 is 4.79 Å². The predicted molar refractivity (Wildman–Crippen MR) is 78.2 cm³/mol. The first-order valence-corrected chi connectivity index (χ1v) is 7.31. The smallest absolute Gasteiger partial charge is 0.218 e. The highest BCUT2D eigenvalue weighted by Crippen LogP contribution is 2.32. The molecular weight excluding hydrogens is 278 g/mol. The summed E-state index contributed by atoms with van der Waals surface area (Å²) in [5, 5.41) is 0. The number of hydrogen-bond donors (Lipinski definition) is 0. The van der Waals surface area contributed by atoms with Crippen molar-refractivity contribution in [2.24, 2.45) is 5.92 Å². The van der Waals surface area contributed by atoms with Crippen LogP contribution >= 0.6 is 15.9 Å². The van der Waals surface area contributed by atoms with E-state index in [1.807, 2.05) is 0 Å². The van der Waals surface area contributed by atoms with Crippen LogP contribution in [0.15, 0.2) is 10.6 Å². The van der Waals surface area contributed by atoms with E-state index in [0.717, 1.165) is 5.92 Å². The van der Waals surface area contributed by atoms with Gasteiger partial charge in [0.05, 0.1) is 0 Å². The molecule has 0 N–H and O–H groups in total. The average Bonchev–Trinajstić information content (AvgIpc) is 2.29. The molecule has 0 saturated carbocycles. The van der Waals surface area contributed by atoms with Crippen molar-refractivity contribution in [3.63, 3.8) is 0 Å². The summed E-state index contributed by atoms with van der Waals surface area (Å²) in [6.45, 7) is 3.79. The van der Waals surface area contributed by atoms with Crippen LogP contribution in [0, 0.1) is 5.92 Å². The van der Waals surface area contributed by atoms with Gasteiger partial charge in [-0.15, -0.1) is 0 Å². The molecule has 0 aliphatic heterocycles. The second-order valence-electron chi connectivity index (χ2n) is 4.77. The van der Waals surface area contributed by atoms with Crippen LogP contribution < -0.4 is 0 Å². The minimum absolute atomic E-state index is 0.0926. The van der Waals surface area contributed by atoms with Crippen LogP contribution in [-0.2, 0) is 4.79 Å². The molecule has 0 aromatic heterocycles. The summed E-state index contributed by atoms with van der Waals surface area (Å²) in [5.41, 5.74) is 0. The molecule has 17 heavy (non-hydrogen) atoms. The third kappa shape index (κ3) is 8.42. The molecule has 0 aromatic carbocycles. The Bertz CT molecular complexity index is 249. The van der Waals surface area contributed by atoms with Crippen molar-refractivity contribution >= 4 is 21.8 Å². The summed E-state index contributed by atoms with van der Waals surface area (Å²) in [4.78, 5) is 11.6. The molecular formula is C14H26BrNO.